The third kappa shape index (κ3) is 6.04. The van der Waals surface area contributed by atoms with Gasteiger partial charge >= 0.3 is 0 Å². The van der Waals surface area contributed by atoms with Crippen LogP contribution in [-0.2, 0) is 9.53 Å². The summed E-state index contributed by atoms with van der Waals surface area (Å²) in [5.74, 6) is -0.0751. The van der Waals surface area contributed by atoms with Gasteiger partial charge in [0.1, 0.15) is 0 Å². The summed E-state index contributed by atoms with van der Waals surface area (Å²) >= 11 is 5.88. The van der Waals surface area contributed by atoms with E-state index in [-0.39, 0.29) is 24.3 Å². The number of carbonyl (C=O) groups excluding carboxylic acids is 1. The van der Waals surface area contributed by atoms with Crippen LogP contribution in [0, 0.1) is 5.92 Å². The summed E-state index contributed by atoms with van der Waals surface area (Å²) in [5, 5.41) is 13.1. The molecule has 0 radical (unpaired) electrons. The Morgan fingerprint density at radius 1 is 1.33 bits per heavy atom. The van der Waals surface area contributed by atoms with Crippen LogP contribution >= 0.6 is 11.6 Å². The Balaban J connectivity index is 2.60. The lowest BCUT2D eigenvalue weighted by Crippen LogP contribution is -2.34. The molecule has 4 nitrogen and oxygen atoms in total. The first kappa shape index (κ1) is 18.0. The van der Waals surface area contributed by atoms with E-state index < -0.39 is 6.10 Å². The van der Waals surface area contributed by atoms with Crippen LogP contribution in [0.5, 0.6) is 0 Å². The molecule has 0 aliphatic carbocycles. The maximum Gasteiger partial charge on any atom is 0.227 e. The van der Waals surface area contributed by atoms with Gasteiger partial charge in [0.15, 0.2) is 0 Å². The summed E-state index contributed by atoms with van der Waals surface area (Å²) in [4.78, 5) is 12.4. The van der Waals surface area contributed by atoms with Gasteiger partial charge in [0, 0.05) is 18.7 Å². The number of carbonyl (C=O) groups is 1. The van der Waals surface area contributed by atoms with Crippen molar-refractivity contribution in [3.8, 4) is 0 Å². The van der Waals surface area contributed by atoms with Gasteiger partial charge in [-0.3, -0.25) is 4.79 Å². The fourth-order valence-corrected chi connectivity index (χ4v) is 2.38. The fraction of sp³-hybridized carbons (Fsp3) is 0.562. The van der Waals surface area contributed by atoms with Crippen molar-refractivity contribution < 1.29 is 14.6 Å². The van der Waals surface area contributed by atoms with Crippen LogP contribution < -0.4 is 5.32 Å². The van der Waals surface area contributed by atoms with Crippen LogP contribution in [0.25, 0.3) is 0 Å². The number of methoxy groups -OCH3 is 1. The zero-order valence-corrected chi connectivity index (χ0v) is 13.6. The maximum atomic E-state index is 12.4. The minimum absolute atomic E-state index is 0.0306. The van der Waals surface area contributed by atoms with Crippen LogP contribution in [-0.4, -0.2) is 37.4 Å². The average Bonchev–Trinajstić information content (AvgIpc) is 2.41. The highest BCUT2D eigenvalue weighted by molar-refractivity contribution is 6.30. The van der Waals surface area contributed by atoms with Gasteiger partial charge in [-0.25, -0.2) is 0 Å². The second kappa shape index (κ2) is 9.03. The summed E-state index contributed by atoms with van der Waals surface area (Å²) in [6.45, 7) is 4.73. The molecule has 2 N–H and O–H groups in total. The van der Waals surface area contributed by atoms with Crippen molar-refractivity contribution in [2.45, 2.75) is 32.3 Å². The molecule has 1 aromatic rings. The number of benzene rings is 1. The molecular weight excluding hydrogens is 290 g/mol. The molecule has 1 aromatic carbocycles. The number of halogens is 1. The first-order chi connectivity index (χ1) is 9.95. The van der Waals surface area contributed by atoms with Gasteiger partial charge in [-0.05, 0) is 30.0 Å². The Kier molecular flexibility index (Phi) is 7.72. The standard InChI is InChI=1S/C16H24ClNO3/c1-11(2)15(12-4-6-13(17)7-5-12)16(20)18-9-8-14(19)10-21-3/h4-7,11,14-15,19H,8-10H2,1-3H3,(H,18,20). The highest BCUT2D eigenvalue weighted by Gasteiger charge is 2.23. The number of rotatable bonds is 8. The molecule has 2 atom stereocenters. The van der Waals surface area contributed by atoms with E-state index in [4.69, 9.17) is 16.3 Å². The molecule has 0 heterocycles. The predicted molar refractivity (Wildman–Crippen MR) is 84.5 cm³/mol. The highest BCUT2D eigenvalue weighted by Crippen LogP contribution is 2.25. The first-order valence-corrected chi connectivity index (χ1v) is 7.53. The van der Waals surface area contributed by atoms with Gasteiger partial charge in [-0.15, -0.1) is 0 Å². The summed E-state index contributed by atoms with van der Waals surface area (Å²) in [6, 6.07) is 7.35. The van der Waals surface area contributed by atoms with Gasteiger partial charge in [-0.1, -0.05) is 37.6 Å². The highest BCUT2D eigenvalue weighted by atomic mass is 35.5. The van der Waals surface area contributed by atoms with Crippen LogP contribution in [0.4, 0.5) is 0 Å². The number of hydrogen-bond donors (Lipinski definition) is 2. The summed E-state index contributed by atoms with van der Waals surface area (Å²) in [5.41, 5.74) is 0.948. The van der Waals surface area contributed by atoms with Gasteiger partial charge in [-0.2, -0.15) is 0 Å². The fourth-order valence-electron chi connectivity index (χ4n) is 2.26. The Hall–Kier alpha value is -1.10. The van der Waals surface area contributed by atoms with E-state index >= 15 is 0 Å². The molecular formula is C16H24ClNO3. The van der Waals surface area contributed by atoms with Crippen molar-refractivity contribution in [3.63, 3.8) is 0 Å². The Bertz CT molecular complexity index is 434. The molecule has 0 aromatic heterocycles. The summed E-state index contributed by atoms with van der Waals surface area (Å²) < 4.78 is 4.85. The number of aliphatic hydroxyl groups is 1. The zero-order chi connectivity index (χ0) is 15.8. The van der Waals surface area contributed by atoms with Crippen LogP contribution in [0.15, 0.2) is 24.3 Å². The number of ether oxygens (including phenoxy) is 1. The van der Waals surface area contributed by atoms with Crippen molar-refractivity contribution in [1.29, 1.82) is 0 Å². The van der Waals surface area contributed by atoms with Crippen LogP contribution in [0.1, 0.15) is 31.7 Å². The number of amides is 1. The molecule has 21 heavy (non-hydrogen) atoms. The van der Waals surface area contributed by atoms with Gasteiger partial charge < -0.3 is 15.2 Å². The lowest BCUT2D eigenvalue weighted by atomic mass is 9.87. The Morgan fingerprint density at radius 2 is 1.95 bits per heavy atom. The lowest BCUT2D eigenvalue weighted by Gasteiger charge is -2.21. The van der Waals surface area contributed by atoms with Crippen molar-refractivity contribution in [2.75, 3.05) is 20.3 Å². The van der Waals surface area contributed by atoms with E-state index in [0.29, 0.717) is 18.0 Å². The molecule has 0 aliphatic heterocycles. The summed E-state index contributed by atoms with van der Waals surface area (Å²) in [6.07, 6.45) is -0.0753. The van der Waals surface area contributed by atoms with Crippen molar-refractivity contribution in [3.05, 3.63) is 34.9 Å². The number of hydrogen-bond acceptors (Lipinski definition) is 3. The SMILES string of the molecule is COCC(O)CCNC(=O)C(c1ccc(Cl)cc1)C(C)C. The van der Waals surface area contributed by atoms with Crippen molar-refractivity contribution in [1.82, 2.24) is 5.32 Å². The van der Waals surface area contributed by atoms with E-state index in [0.717, 1.165) is 5.56 Å². The smallest absolute Gasteiger partial charge is 0.227 e. The lowest BCUT2D eigenvalue weighted by molar-refractivity contribution is -0.123. The minimum Gasteiger partial charge on any atom is -0.391 e. The third-order valence-corrected chi connectivity index (χ3v) is 3.57. The Morgan fingerprint density at radius 3 is 2.48 bits per heavy atom. The topological polar surface area (TPSA) is 58.6 Å². The van der Waals surface area contributed by atoms with Crippen molar-refractivity contribution >= 4 is 17.5 Å². The van der Waals surface area contributed by atoms with Gasteiger partial charge in [0.05, 0.1) is 18.6 Å². The molecule has 0 bridgehead atoms. The molecule has 0 saturated heterocycles. The largest absolute Gasteiger partial charge is 0.391 e. The molecule has 0 saturated carbocycles. The zero-order valence-electron chi connectivity index (χ0n) is 12.8. The summed E-state index contributed by atoms with van der Waals surface area (Å²) in [7, 11) is 1.54. The van der Waals surface area contributed by atoms with E-state index in [1.54, 1.807) is 12.1 Å². The first-order valence-electron chi connectivity index (χ1n) is 7.16. The Labute approximate surface area is 131 Å². The monoisotopic (exact) mass is 313 g/mol. The molecule has 1 amide bonds. The van der Waals surface area contributed by atoms with Crippen LogP contribution in [0.2, 0.25) is 5.02 Å². The van der Waals surface area contributed by atoms with E-state index in [1.165, 1.54) is 7.11 Å². The van der Waals surface area contributed by atoms with E-state index in [9.17, 15) is 9.90 Å². The molecule has 1 rings (SSSR count). The normalized spacial score (nSPS) is 14.0. The second-order valence-corrected chi connectivity index (χ2v) is 5.90. The average molecular weight is 314 g/mol. The predicted octanol–water partition coefficient (Wildman–Crippen LogP) is 2.59. The third-order valence-electron chi connectivity index (χ3n) is 3.31. The van der Waals surface area contributed by atoms with E-state index in [2.05, 4.69) is 5.32 Å². The quantitative estimate of drug-likeness (QED) is 0.775. The molecule has 2 unspecified atom stereocenters. The number of aliphatic hydroxyl groups excluding tert-OH is 1. The second-order valence-electron chi connectivity index (χ2n) is 5.46. The van der Waals surface area contributed by atoms with E-state index in [1.807, 2.05) is 26.0 Å². The van der Waals surface area contributed by atoms with Gasteiger partial charge in [0.25, 0.3) is 0 Å². The maximum absolute atomic E-state index is 12.4. The van der Waals surface area contributed by atoms with Crippen molar-refractivity contribution in [2.24, 2.45) is 5.92 Å². The van der Waals surface area contributed by atoms with Gasteiger partial charge in [0.2, 0.25) is 5.91 Å². The molecule has 5 heteroatoms. The molecule has 118 valence electrons. The number of nitrogens with one attached hydrogen (secondary N) is 1. The molecule has 0 fully saturated rings. The van der Waals surface area contributed by atoms with Crippen LogP contribution in [0.3, 0.4) is 0 Å². The minimum atomic E-state index is -0.552. The molecule has 0 aliphatic rings. The molecule has 0 spiro atoms.